The standard InChI is InChI=1S/C12H12BrClN4/c1-2-11-17-10(15)6-12(18-11)16-9-5-7(13)3-4-8(9)14/h3-6H,2H2,1H3,(H3,15,16,17,18). The number of hydrogen-bond donors (Lipinski definition) is 2. The van der Waals surface area contributed by atoms with Crippen molar-refractivity contribution >= 4 is 44.9 Å². The van der Waals surface area contributed by atoms with E-state index in [4.69, 9.17) is 17.3 Å². The maximum absolute atomic E-state index is 6.10. The summed E-state index contributed by atoms with van der Waals surface area (Å²) in [4.78, 5) is 8.46. The maximum Gasteiger partial charge on any atom is 0.136 e. The molecule has 1 heterocycles. The molecule has 4 nitrogen and oxygen atoms in total. The highest BCUT2D eigenvalue weighted by Crippen LogP contribution is 2.28. The molecule has 1 aromatic heterocycles. The van der Waals surface area contributed by atoms with Gasteiger partial charge in [0.25, 0.3) is 0 Å². The lowest BCUT2D eigenvalue weighted by molar-refractivity contribution is 0.948. The maximum atomic E-state index is 6.10. The fraction of sp³-hybridized carbons (Fsp3) is 0.167. The van der Waals surface area contributed by atoms with Gasteiger partial charge in [-0.05, 0) is 18.2 Å². The molecular formula is C12H12BrClN4. The van der Waals surface area contributed by atoms with Gasteiger partial charge >= 0.3 is 0 Å². The van der Waals surface area contributed by atoms with E-state index in [2.05, 4.69) is 31.2 Å². The first kappa shape index (κ1) is 13.1. The van der Waals surface area contributed by atoms with Crippen LogP contribution in [0.25, 0.3) is 0 Å². The van der Waals surface area contributed by atoms with Crippen molar-refractivity contribution in [1.82, 2.24) is 9.97 Å². The summed E-state index contributed by atoms with van der Waals surface area (Å²) in [6.07, 6.45) is 0.728. The molecule has 3 N–H and O–H groups in total. The molecule has 0 bridgehead atoms. The fourth-order valence-electron chi connectivity index (χ4n) is 1.47. The van der Waals surface area contributed by atoms with Crippen molar-refractivity contribution in [2.24, 2.45) is 0 Å². The van der Waals surface area contributed by atoms with Gasteiger partial charge in [-0.25, -0.2) is 9.97 Å². The van der Waals surface area contributed by atoms with Crippen molar-refractivity contribution in [3.63, 3.8) is 0 Å². The van der Waals surface area contributed by atoms with Crippen molar-refractivity contribution < 1.29 is 0 Å². The summed E-state index contributed by atoms with van der Waals surface area (Å²) in [6, 6.07) is 7.24. The molecule has 0 saturated carbocycles. The van der Waals surface area contributed by atoms with Gasteiger partial charge in [-0.15, -0.1) is 0 Å². The van der Waals surface area contributed by atoms with Gasteiger partial charge in [-0.3, -0.25) is 0 Å². The Balaban J connectivity index is 2.33. The Kier molecular flexibility index (Phi) is 4.04. The molecule has 0 fully saturated rings. The van der Waals surface area contributed by atoms with E-state index in [1.54, 1.807) is 12.1 Å². The zero-order valence-corrected chi connectivity index (χ0v) is 12.1. The number of hydrogen-bond acceptors (Lipinski definition) is 4. The average Bonchev–Trinajstić information content (AvgIpc) is 2.33. The minimum Gasteiger partial charge on any atom is -0.384 e. The van der Waals surface area contributed by atoms with Gasteiger partial charge in [0.15, 0.2) is 0 Å². The summed E-state index contributed by atoms with van der Waals surface area (Å²) in [7, 11) is 0. The third kappa shape index (κ3) is 3.11. The lowest BCUT2D eigenvalue weighted by atomic mass is 10.3. The lowest BCUT2D eigenvalue weighted by Gasteiger charge is -2.09. The van der Waals surface area contributed by atoms with Crippen molar-refractivity contribution in [2.75, 3.05) is 11.1 Å². The number of nitrogens with two attached hydrogens (primary N) is 1. The molecule has 18 heavy (non-hydrogen) atoms. The zero-order valence-electron chi connectivity index (χ0n) is 9.74. The van der Waals surface area contributed by atoms with Crippen LogP contribution >= 0.6 is 27.5 Å². The highest BCUT2D eigenvalue weighted by molar-refractivity contribution is 9.10. The van der Waals surface area contributed by atoms with Crippen LogP contribution in [0.5, 0.6) is 0 Å². The van der Waals surface area contributed by atoms with E-state index in [1.807, 2.05) is 19.1 Å². The number of aryl methyl sites for hydroxylation is 1. The number of aromatic nitrogens is 2. The number of anilines is 3. The third-order valence-corrected chi connectivity index (χ3v) is 3.12. The molecule has 0 aliphatic carbocycles. The molecule has 0 amide bonds. The van der Waals surface area contributed by atoms with Crippen LogP contribution in [0.2, 0.25) is 5.02 Å². The number of rotatable bonds is 3. The normalized spacial score (nSPS) is 10.4. The van der Waals surface area contributed by atoms with Gasteiger partial charge in [-0.1, -0.05) is 34.5 Å². The highest BCUT2D eigenvalue weighted by atomic mass is 79.9. The Morgan fingerprint density at radius 3 is 2.83 bits per heavy atom. The van der Waals surface area contributed by atoms with E-state index in [0.717, 1.165) is 16.6 Å². The first-order chi connectivity index (χ1) is 8.58. The Hall–Kier alpha value is -1.33. The van der Waals surface area contributed by atoms with Crippen LogP contribution in [0.3, 0.4) is 0 Å². The van der Waals surface area contributed by atoms with E-state index in [-0.39, 0.29) is 0 Å². The fourth-order valence-corrected chi connectivity index (χ4v) is 2.00. The van der Waals surface area contributed by atoms with Crippen LogP contribution < -0.4 is 11.1 Å². The van der Waals surface area contributed by atoms with E-state index >= 15 is 0 Å². The first-order valence-electron chi connectivity index (χ1n) is 5.44. The molecule has 94 valence electrons. The van der Waals surface area contributed by atoms with Crippen LogP contribution in [0.4, 0.5) is 17.3 Å². The molecule has 0 saturated heterocycles. The molecule has 0 unspecified atom stereocenters. The monoisotopic (exact) mass is 326 g/mol. The van der Waals surface area contributed by atoms with Crippen LogP contribution in [0, 0.1) is 0 Å². The van der Waals surface area contributed by atoms with Gasteiger partial charge in [0.05, 0.1) is 10.7 Å². The summed E-state index contributed by atoms with van der Waals surface area (Å²) in [5.74, 6) is 1.78. The van der Waals surface area contributed by atoms with Crippen LogP contribution in [-0.4, -0.2) is 9.97 Å². The Bertz CT molecular complexity index is 574. The Morgan fingerprint density at radius 1 is 1.33 bits per heavy atom. The molecule has 0 spiro atoms. The first-order valence-corrected chi connectivity index (χ1v) is 6.61. The van der Waals surface area contributed by atoms with Gasteiger partial charge < -0.3 is 11.1 Å². The molecule has 2 rings (SSSR count). The number of nitrogens with one attached hydrogen (secondary N) is 1. The van der Waals surface area contributed by atoms with Crippen LogP contribution in [0.15, 0.2) is 28.7 Å². The summed E-state index contributed by atoms with van der Waals surface area (Å²) >= 11 is 9.50. The van der Waals surface area contributed by atoms with Crippen molar-refractivity contribution in [2.45, 2.75) is 13.3 Å². The summed E-state index contributed by atoms with van der Waals surface area (Å²) in [5.41, 5.74) is 6.49. The second-order valence-corrected chi connectivity index (χ2v) is 5.02. The predicted octanol–water partition coefficient (Wildman–Crippen LogP) is 3.78. The number of nitrogens with zero attached hydrogens (tertiary/aromatic N) is 2. The summed E-state index contributed by atoms with van der Waals surface area (Å²) in [6.45, 7) is 1.98. The topological polar surface area (TPSA) is 63.8 Å². The summed E-state index contributed by atoms with van der Waals surface area (Å²) in [5, 5.41) is 3.75. The second-order valence-electron chi connectivity index (χ2n) is 3.70. The summed E-state index contributed by atoms with van der Waals surface area (Å²) < 4.78 is 0.937. The molecule has 6 heteroatoms. The number of halogens is 2. The van der Waals surface area contributed by atoms with E-state index in [9.17, 15) is 0 Å². The molecule has 0 aliphatic heterocycles. The largest absolute Gasteiger partial charge is 0.384 e. The SMILES string of the molecule is CCc1nc(N)cc(Nc2cc(Br)ccc2Cl)n1. The minimum absolute atomic E-state index is 0.440. The van der Waals surface area contributed by atoms with Crippen LogP contribution in [0.1, 0.15) is 12.7 Å². The lowest BCUT2D eigenvalue weighted by Crippen LogP contribution is -2.03. The quantitative estimate of drug-likeness (QED) is 0.900. The zero-order chi connectivity index (χ0) is 13.1. The van der Waals surface area contributed by atoms with Crippen molar-refractivity contribution in [3.05, 3.63) is 39.6 Å². The molecule has 0 atom stereocenters. The number of nitrogen functional groups attached to an aromatic ring is 1. The molecule has 0 aliphatic rings. The molecule has 1 aromatic carbocycles. The molecule has 2 aromatic rings. The van der Waals surface area contributed by atoms with E-state index in [1.165, 1.54) is 0 Å². The van der Waals surface area contributed by atoms with Gasteiger partial charge in [0.1, 0.15) is 17.5 Å². The molecule has 0 radical (unpaired) electrons. The van der Waals surface area contributed by atoms with Gasteiger partial charge in [0, 0.05) is 17.0 Å². The van der Waals surface area contributed by atoms with Gasteiger partial charge in [-0.2, -0.15) is 0 Å². The average molecular weight is 328 g/mol. The minimum atomic E-state index is 0.440. The van der Waals surface area contributed by atoms with Crippen molar-refractivity contribution in [1.29, 1.82) is 0 Å². The third-order valence-electron chi connectivity index (χ3n) is 2.30. The van der Waals surface area contributed by atoms with Crippen molar-refractivity contribution in [3.8, 4) is 0 Å². The van der Waals surface area contributed by atoms with E-state index < -0.39 is 0 Å². The predicted molar refractivity (Wildman–Crippen MR) is 78.3 cm³/mol. The molecular weight excluding hydrogens is 316 g/mol. The smallest absolute Gasteiger partial charge is 0.136 e. The van der Waals surface area contributed by atoms with Crippen LogP contribution in [-0.2, 0) is 6.42 Å². The Morgan fingerprint density at radius 2 is 2.11 bits per heavy atom. The van der Waals surface area contributed by atoms with E-state index in [0.29, 0.717) is 22.5 Å². The second kappa shape index (κ2) is 5.54. The highest BCUT2D eigenvalue weighted by Gasteiger charge is 2.05. The number of benzene rings is 1. The Labute approximate surface area is 119 Å². The van der Waals surface area contributed by atoms with Gasteiger partial charge in [0.2, 0.25) is 0 Å².